The summed E-state index contributed by atoms with van der Waals surface area (Å²) in [6.07, 6.45) is 4.54. The zero-order valence-corrected chi connectivity index (χ0v) is 13.0. The van der Waals surface area contributed by atoms with Crippen LogP contribution < -0.4 is 10.6 Å². The van der Waals surface area contributed by atoms with E-state index in [1.54, 1.807) is 19.2 Å². The van der Waals surface area contributed by atoms with Gasteiger partial charge in [-0.2, -0.15) is 0 Å². The van der Waals surface area contributed by atoms with Crippen LogP contribution in [0.4, 0.5) is 5.82 Å². The van der Waals surface area contributed by atoms with Crippen molar-refractivity contribution in [3.63, 3.8) is 0 Å². The van der Waals surface area contributed by atoms with Gasteiger partial charge in [-0.3, -0.25) is 4.79 Å². The standard InChI is InChI=1S/C15H22ClN3O/c1-15(2)9-5-4-6-11(15)18-14(20)13-10(16)7-8-12(17-3)19-13/h7-8,11H,4-6,9H2,1-3H3,(H,17,19)(H,18,20). The maximum atomic E-state index is 12.4. The van der Waals surface area contributed by atoms with Crippen molar-refractivity contribution in [3.8, 4) is 0 Å². The number of nitrogens with zero attached hydrogens (tertiary/aromatic N) is 1. The summed E-state index contributed by atoms with van der Waals surface area (Å²) >= 11 is 6.09. The van der Waals surface area contributed by atoms with Gasteiger partial charge in [0.2, 0.25) is 0 Å². The maximum Gasteiger partial charge on any atom is 0.271 e. The summed E-state index contributed by atoms with van der Waals surface area (Å²) in [6.45, 7) is 4.41. The molecule has 1 aliphatic carbocycles. The highest BCUT2D eigenvalue weighted by molar-refractivity contribution is 6.33. The SMILES string of the molecule is CNc1ccc(Cl)c(C(=O)NC2CCCCC2(C)C)n1. The second kappa shape index (κ2) is 6.00. The van der Waals surface area contributed by atoms with Crippen molar-refractivity contribution in [2.45, 2.75) is 45.6 Å². The predicted molar refractivity (Wildman–Crippen MR) is 82.3 cm³/mol. The number of halogens is 1. The molecule has 0 radical (unpaired) electrons. The summed E-state index contributed by atoms with van der Waals surface area (Å²) < 4.78 is 0. The molecule has 1 amide bonds. The molecule has 1 unspecified atom stereocenters. The molecule has 20 heavy (non-hydrogen) atoms. The number of pyridine rings is 1. The Hall–Kier alpha value is -1.29. The second-order valence-corrected chi connectivity index (χ2v) is 6.44. The Kier molecular flexibility index (Phi) is 4.53. The van der Waals surface area contributed by atoms with E-state index in [1.165, 1.54) is 6.42 Å². The van der Waals surface area contributed by atoms with Crippen LogP contribution in [0.1, 0.15) is 50.0 Å². The largest absolute Gasteiger partial charge is 0.373 e. The Labute approximate surface area is 125 Å². The van der Waals surface area contributed by atoms with Crippen LogP contribution in [0.15, 0.2) is 12.1 Å². The van der Waals surface area contributed by atoms with Crippen LogP contribution >= 0.6 is 11.6 Å². The lowest BCUT2D eigenvalue weighted by Gasteiger charge is -2.39. The van der Waals surface area contributed by atoms with Gasteiger partial charge in [0.25, 0.3) is 5.91 Å². The maximum absolute atomic E-state index is 12.4. The van der Waals surface area contributed by atoms with E-state index in [2.05, 4.69) is 29.5 Å². The fourth-order valence-electron chi connectivity index (χ4n) is 2.73. The Bertz CT molecular complexity index is 502. The Morgan fingerprint density at radius 3 is 2.80 bits per heavy atom. The summed E-state index contributed by atoms with van der Waals surface area (Å²) in [7, 11) is 1.77. The van der Waals surface area contributed by atoms with Gasteiger partial charge in [0, 0.05) is 13.1 Å². The number of hydrogen-bond acceptors (Lipinski definition) is 3. The molecule has 2 N–H and O–H groups in total. The topological polar surface area (TPSA) is 54.0 Å². The first-order chi connectivity index (χ1) is 9.44. The van der Waals surface area contributed by atoms with Crippen LogP contribution in [0.25, 0.3) is 0 Å². The predicted octanol–water partition coefficient (Wildman–Crippen LogP) is 3.48. The average Bonchev–Trinajstić information content (AvgIpc) is 2.41. The van der Waals surface area contributed by atoms with E-state index in [4.69, 9.17) is 11.6 Å². The first kappa shape index (κ1) is 15.1. The van der Waals surface area contributed by atoms with Crippen molar-refractivity contribution in [1.82, 2.24) is 10.3 Å². The fraction of sp³-hybridized carbons (Fsp3) is 0.600. The normalized spacial score (nSPS) is 21.3. The van der Waals surface area contributed by atoms with E-state index in [0.29, 0.717) is 16.5 Å². The molecule has 1 atom stereocenters. The number of aromatic nitrogens is 1. The molecule has 1 saturated carbocycles. The monoisotopic (exact) mass is 295 g/mol. The highest BCUT2D eigenvalue weighted by Crippen LogP contribution is 2.35. The third-order valence-electron chi connectivity index (χ3n) is 4.13. The lowest BCUT2D eigenvalue weighted by atomic mass is 9.73. The van der Waals surface area contributed by atoms with E-state index in [1.807, 2.05) is 0 Å². The van der Waals surface area contributed by atoms with Crippen LogP contribution in [-0.2, 0) is 0 Å². The van der Waals surface area contributed by atoms with Gasteiger partial charge in [-0.25, -0.2) is 4.98 Å². The Balaban J connectivity index is 2.15. The number of amides is 1. The zero-order chi connectivity index (χ0) is 14.8. The van der Waals surface area contributed by atoms with Gasteiger partial charge < -0.3 is 10.6 Å². The summed E-state index contributed by atoms with van der Waals surface area (Å²) in [5, 5.41) is 6.41. The third kappa shape index (κ3) is 3.23. The zero-order valence-electron chi connectivity index (χ0n) is 12.3. The molecule has 5 heteroatoms. The minimum absolute atomic E-state index is 0.126. The van der Waals surface area contributed by atoms with Crippen molar-refractivity contribution < 1.29 is 4.79 Å². The number of hydrogen-bond donors (Lipinski definition) is 2. The molecule has 1 aromatic rings. The van der Waals surface area contributed by atoms with Gasteiger partial charge in [0.05, 0.1) is 5.02 Å². The van der Waals surface area contributed by atoms with E-state index < -0.39 is 0 Å². The van der Waals surface area contributed by atoms with Gasteiger partial charge in [-0.15, -0.1) is 0 Å². The van der Waals surface area contributed by atoms with Crippen LogP contribution in [0.5, 0.6) is 0 Å². The second-order valence-electron chi connectivity index (χ2n) is 6.04. The molecular formula is C15H22ClN3O. The quantitative estimate of drug-likeness (QED) is 0.898. The molecule has 0 saturated heterocycles. The van der Waals surface area contributed by atoms with E-state index in [9.17, 15) is 4.79 Å². The smallest absolute Gasteiger partial charge is 0.271 e. The first-order valence-electron chi connectivity index (χ1n) is 7.09. The van der Waals surface area contributed by atoms with Gasteiger partial charge in [0.1, 0.15) is 11.5 Å². The van der Waals surface area contributed by atoms with Crippen molar-refractivity contribution in [2.24, 2.45) is 5.41 Å². The molecule has 1 heterocycles. The van der Waals surface area contributed by atoms with Crippen molar-refractivity contribution in [2.75, 3.05) is 12.4 Å². The molecule has 1 aromatic heterocycles. The number of carbonyl (C=O) groups excluding carboxylic acids is 1. The van der Waals surface area contributed by atoms with E-state index >= 15 is 0 Å². The first-order valence-corrected chi connectivity index (χ1v) is 7.47. The number of nitrogens with one attached hydrogen (secondary N) is 2. The molecule has 0 aliphatic heterocycles. The van der Waals surface area contributed by atoms with Crippen LogP contribution in [-0.4, -0.2) is 24.0 Å². The Morgan fingerprint density at radius 2 is 2.15 bits per heavy atom. The van der Waals surface area contributed by atoms with Crippen LogP contribution in [0.2, 0.25) is 5.02 Å². The van der Waals surface area contributed by atoms with Gasteiger partial charge >= 0.3 is 0 Å². The minimum Gasteiger partial charge on any atom is -0.373 e. The molecule has 0 spiro atoms. The average molecular weight is 296 g/mol. The minimum atomic E-state index is -0.188. The molecule has 4 nitrogen and oxygen atoms in total. The molecule has 0 aromatic carbocycles. The lowest BCUT2D eigenvalue weighted by molar-refractivity contribution is 0.0849. The van der Waals surface area contributed by atoms with Gasteiger partial charge in [-0.05, 0) is 30.4 Å². The fourth-order valence-corrected chi connectivity index (χ4v) is 2.92. The summed E-state index contributed by atoms with van der Waals surface area (Å²) in [4.78, 5) is 16.7. The molecule has 1 fully saturated rings. The molecule has 110 valence electrons. The van der Waals surface area contributed by atoms with Crippen LogP contribution in [0, 0.1) is 5.41 Å². The summed E-state index contributed by atoms with van der Waals surface area (Å²) in [6, 6.07) is 3.63. The summed E-state index contributed by atoms with van der Waals surface area (Å²) in [5.74, 6) is 0.453. The highest BCUT2D eigenvalue weighted by Gasteiger charge is 2.33. The third-order valence-corrected chi connectivity index (χ3v) is 4.43. The van der Waals surface area contributed by atoms with Crippen LogP contribution in [0.3, 0.4) is 0 Å². The Morgan fingerprint density at radius 1 is 1.40 bits per heavy atom. The number of carbonyl (C=O) groups is 1. The molecular weight excluding hydrogens is 274 g/mol. The van der Waals surface area contributed by atoms with Crippen molar-refractivity contribution in [3.05, 3.63) is 22.8 Å². The number of rotatable bonds is 3. The molecule has 1 aliphatic rings. The van der Waals surface area contributed by atoms with E-state index in [-0.39, 0.29) is 17.4 Å². The van der Waals surface area contributed by atoms with Gasteiger partial charge in [0.15, 0.2) is 0 Å². The number of anilines is 1. The lowest BCUT2D eigenvalue weighted by Crippen LogP contribution is -2.47. The highest BCUT2D eigenvalue weighted by atomic mass is 35.5. The molecule has 2 rings (SSSR count). The van der Waals surface area contributed by atoms with Crippen molar-refractivity contribution in [1.29, 1.82) is 0 Å². The van der Waals surface area contributed by atoms with Gasteiger partial charge in [-0.1, -0.05) is 38.3 Å². The summed E-state index contributed by atoms with van der Waals surface area (Å²) in [5.41, 5.74) is 0.418. The van der Waals surface area contributed by atoms with E-state index in [0.717, 1.165) is 19.3 Å². The van der Waals surface area contributed by atoms with Crippen molar-refractivity contribution >= 4 is 23.3 Å². The molecule has 0 bridgehead atoms.